The summed E-state index contributed by atoms with van der Waals surface area (Å²) in [6, 6.07) is 2.04. The number of esters is 1. The molecule has 0 radical (unpaired) electrons. The average Bonchev–Trinajstić information content (AvgIpc) is 3.57. The van der Waals surface area contributed by atoms with E-state index >= 15 is 0 Å². The van der Waals surface area contributed by atoms with E-state index in [2.05, 4.69) is 31.5 Å². The second-order valence-corrected chi connectivity index (χ2v) is 11.4. The molecular formula is C24H31N7O3S2. The minimum Gasteiger partial charge on any atom is -0.462 e. The van der Waals surface area contributed by atoms with E-state index in [1.54, 1.807) is 12.5 Å². The van der Waals surface area contributed by atoms with E-state index in [1.165, 1.54) is 16.9 Å². The number of anilines is 2. The lowest BCUT2D eigenvalue weighted by molar-refractivity contribution is 0.0530. The van der Waals surface area contributed by atoms with E-state index in [-0.39, 0.29) is 11.9 Å². The number of ether oxygens (including phenoxy) is 1. The van der Waals surface area contributed by atoms with E-state index in [4.69, 9.17) is 4.74 Å². The molecule has 3 aromatic rings. The highest BCUT2D eigenvalue weighted by molar-refractivity contribution is 7.81. The smallest absolute Gasteiger partial charge is 0.348 e. The fourth-order valence-electron chi connectivity index (χ4n) is 4.78. The van der Waals surface area contributed by atoms with Gasteiger partial charge in [0, 0.05) is 64.2 Å². The zero-order valence-corrected chi connectivity index (χ0v) is 22.6. The van der Waals surface area contributed by atoms with E-state index in [1.807, 2.05) is 48.2 Å². The van der Waals surface area contributed by atoms with Crippen molar-refractivity contribution in [2.24, 2.45) is 0 Å². The number of imidazole rings is 1. The number of carbonyl (C=O) groups excluding carboxylic acids is 1. The molecule has 1 saturated heterocycles. The van der Waals surface area contributed by atoms with Gasteiger partial charge in [-0.15, -0.1) is 11.3 Å². The second kappa shape index (κ2) is 10.3. The molecule has 0 saturated carbocycles. The largest absolute Gasteiger partial charge is 0.462 e. The molecule has 2 aliphatic rings. The highest BCUT2D eigenvalue weighted by atomic mass is 32.2. The Hall–Kier alpha value is -2.80. The number of aromatic nitrogens is 3. The van der Waals surface area contributed by atoms with E-state index in [0.29, 0.717) is 17.3 Å². The van der Waals surface area contributed by atoms with Crippen molar-refractivity contribution < 1.29 is 13.7 Å². The Morgan fingerprint density at radius 2 is 2.06 bits per heavy atom. The van der Waals surface area contributed by atoms with Crippen LogP contribution in [0.4, 0.5) is 10.8 Å². The number of carbonyl (C=O) groups is 1. The van der Waals surface area contributed by atoms with Crippen molar-refractivity contribution in [2.45, 2.75) is 25.7 Å². The number of thiophene rings is 1. The molecule has 5 rings (SSSR count). The van der Waals surface area contributed by atoms with Gasteiger partial charge in [-0.25, -0.2) is 28.3 Å². The molecule has 5 heterocycles. The molecule has 3 aromatic heterocycles. The molecule has 36 heavy (non-hydrogen) atoms. The number of nitrogens with one attached hydrogen (secondary N) is 1. The number of piperidine rings is 1. The molecule has 10 nitrogen and oxygen atoms in total. The van der Waals surface area contributed by atoms with Gasteiger partial charge in [0.05, 0.1) is 34.5 Å². The fourth-order valence-corrected chi connectivity index (χ4v) is 6.55. The van der Waals surface area contributed by atoms with Crippen LogP contribution in [0.1, 0.15) is 46.6 Å². The zero-order chi connectivity index (χ0) is 25.4. The third kappa shape index (κ3) is 4.77. The molecule has 0 bridgehead atoms. The van der Waals surface area contributed by atoms with Crippen LogP contribution < -0.4 is 5.32 Å². The van der Waals surface area contributed by atoms with Gasteiger partial charge in [0.25, 0.3) is 0 Å². The van der Waals surface area contributed by atoms with Gasteiger partial charge < -0.3 is 15.1 Å². The summed E-state index contributed by atoms with van der Waals surface area (Å²) in [7, 11) is 3.09. The van der Waals surface area contributed by atoms with E-state index < -0.39 is 11.0 Å². The SMILES string of the molecule is CCOC(=O)c1sc(Nc2nccn3c(C4=CN(C)N(C)C4)cnc23)cc1C1CCN(S(C)=O)CC1. The van der Waals surface area contributed by atoms with Gasteiger partial charge in [-0.1, -0.05) is 0 Å². The Bertz CT molecular complexity index is 1330. The maximum absolute atomic E-state index is 12.8. The predicted octanol–water partition coefficient (Wildman–Crippen LogP) is 3.32. The Morgan fingerprint density at radius 3 is 2.72 bits per heavy atom. The van der Waals surface area contributed by atoms with Gasteiger partial charge in [0.1, 0.15) is 4.88 Å². The van der Waals surface area contributed by atoms with Gasteiger partial charge in [0.2, 0.25) is 0 Å². The summed E-state index contributed by atoms with van der Waals surface area (Å²) >= 11 is 1.38. The summed E-state index contributed by atoms with van der Waals surface area (Å²) in [5, 5.41) is 8.41. The Balaban J connectivity index is 1.44. The Kier molecular flexibility index (Phi) is 7.11. The van der Waals surface area contributed by atoms with Gasteiger partial charge >= 0.3 is 5.97 Å². The Labute approximate surface area is 217 Å². The highest BCUT2D eigenvalue weighted by Crippen LogP contribution is 2.39. The van der Waals surface area contributed by atoms with Crippen LogP contribution in [-0.4, -0.2) is 85.5 Å². The summed E-state index contributed by atoms with van der Waals surface area (Å²) in [6.45, 7) is 4.43. The topological polar surface area (TPSA) is 95.3 Å². The number of fused-ring (bicyclic) bond motifs is 1. The molecule has 0 aliphatic carbocycles. The van der Waals surface area contributed by atoms with E-state index in [0.717, 1.165) is 54.4 Å². The second-order valence-electron chi connectivity index (χ2n) is 9.02. The van der Waals surface area contributed by atoms with Crippen LogP contribution in [0.25, 0.3) is 11.2 Å². The van der Waals surface area contributed by atoms with E-state index in [9.17, 15) is 9.00 Å². The quantitative estimate of drug-likeness (QED) is 0.466. The molecule has 1 unspecified atom stereocenters. The first-order chi connectivity index (χ1) is 17.4. The number of hydrogen-bond acceptors (Lipinski definition) is 9. The van der Waals surface area contributed by atoms with Crippen molar-refractivity contribution >= 4 is 50.3 Å². The van der Waals surface area contributed by atoms with Crippen molar-refractivity contribution in [2.75, 3.05) is 51.9 Å². The molecule has 2 aliphatic heterocycles. The lowest BCUT2D eigenvalue weighted by atomic mass is 9.90. The first-order valence-electron chi connectivity index (χ1n) is 12.0. The number of hydrogen-bond donors (Lipinski definition) is 1. The lowest BCUT2D eigenvalue weighted by Crippen LogP contribution is -2.34. The third-order valence-corrected chi connectivity index (χ3v) is 8.90. The number of rotatable bonds is 7. The maximum Gasteiger partial charge on any atom is 0.348 e. The first kappa shape index (κ1) is 24.9. The predicted molar refractivity (Wildman–Crippen MR) is 143 cm³/mol. The van der Waals surface area contributed by atoms with Crippen LogP contribution in [0.15, 0.2) is 30.9 Å². The normalized spacial score (nSPS) is 18.6. The summed E-state index contributed by atoms with van der Waals surface area (Å²) in [5.41, 5.74) is 3.90. The fraction of sp³-hybridized carbons (Fsp3) is 0.458. The van der Waals surface area contributed by atoms with Crippen LogP contribution >= 0.6 is 11.3 Å². The van der Waals surface area contributed by atoms with Crippen molar-refractivity contribution in [3.8, 4) is 0 Å². The molecule has 1 fully saturated rings. The molecule has 12 heteroatoms. The molecule has 0 spiro atoms. The Morgan fingerprint density at radius 1 is 1.28 bits per heavy atom. The monoisotopic (exact) mass is 529 g/mol. The van der Waals surface area contributed by atoms with Crippen molar-refractivity contribution in [1.29, 1.82) is 0 Å². The molecule has 0 aromatic carbocycles. The van der Waals surface area contributed by atoms with Crippen LogP contribution in [0.2, 0.25) is 0 Å². The first-order valence-corrected chi connectivity index (χ1v) is 14.3. The van der Waals surface area contributed by atoms with Crippen molar-refractivity contribution in [3.63, 3.8) is 0 Å². The van der Waals surface area contributed by atoms with Crippen LogP contribution in [-0.2, 0) is 15.7 Å². The number of nitrogens with zero attached hydrogens (tertiary/aromatic N) is 6. The average molecular weight is 530 g/mol. The van der Waals surface area contributed by atoms with Gasteiger partial charge in [0.15, 0.2) is 11.5 Å². The summed E-state index contributed by atoms with van der Waals surface area (Å²) in [5.74, 6) is 0.534. The van der Waals surface area contributed by atoms with Crippen LogP contribution in [0.5, 0.6) is 0 Å². The minimum absolute atomic E-state index is 0.209. The number of likely N-dealkylation sites (N-methyl/N-ethyl adjacent to an activating group) is 1. The van der Waals surface area contributed by atoms with Crippen LogP contribution in [0, 0.1) is 0 Å². The van der Waals surface area contributed by atoms with Crippen molar-refractivity contribution in [1.82, 2.24) is 28.7 Å². The summed E-state index contributed by atoms with van der Waals surface area (Å²) < 4.78 is 21.2. The molecular weight excluding hydrogens is 498 g/mol. The summed E-state index contributed by atoms with van der Waals surface area (Å²) in [6.07, 6.45) is 11.0. The van der Waals surface area contributed by atoms with Gasteiger partial charge in [-0.2, -0.15) is 0 Å². The lowest BCUT2D eigenvalue weighted by Gasteiger charge is -2.30. The summed E-state index contributed by atoms with van der Waals surface area (Å²) in [4.78, 5) is 22.6. The highest BCUT2D eigenvalue weighted by Gasteiger charge is 2.29. The van der Waals surface area contributed by atoms with Crippen LogP contribution in [0.3, 0.4) is 0 Å². The van der Waals surface area contributed by atoms with Crippen molar-refractivity contribution in [3.05, 3.63) is 47.0 Å². The molecule has 0 amide bonds. The molecule has 1 N–H and O–H groups in total. The number of hydrazine groups is 1. The van der Waals surface area contributed by atoms with Gasteiger partial charge in [-0.3, -0.25) is 4.40 Å². The standard InChI is InChI=1S/C24H31N7O3S2/c1-5-34-24(32)21-18(16-6-9-30(10-7-16)36(4)33)12-20(35-21)27-22-23-26-13-19(31(23)11-8-25-22)17-14-28(2)29(3)15-17/h8,11-14,16H,5-7,9-10,15H2,1-4H3,(H,25,27). The third-order valence-electron chi connectivity index (χ3n) is 6.76. The van der Waals surface area contributed by atoms with Gasteiger partial charge in [-0.05, 0) is 37.3 Å². The maximum atomic E-state index is 12.8. The zero-order valence-electron chi connectivity index (χ0n) is 20.9. The minimum atomic E-state index is -0.973. The molecule has 1 atom stereocenters. The molecule has 192 valence electrons.